The van der Waals surface area contributed by atoms with Gasteiger partial charge in [0.25, 0.3) is 0 Å². The molecule has 2 N–H and O–H groups in total. The Kier molecular flexibility index (Phi) is 4.11. The molecule has 0 bridgehead atoms. The smallest absolute Gasteiger partial charge is 0.332 e. The van der Waals surface area contributed by atoms with Gasteiger partial charge >= 0.3 is 12.2 Å². The third-order valence-corrected chi connectivity index (χ3v) is 3.29. The van der Waals surface area contributed by atoms with Gasteiger partial charge in [0.1, 0.15) is 5.65 Å². The van der Waals surface area contributed by atoms with Crippen molar-refractivity contribution < 1.29 is 18.0 Å². The van der Waals surface area contributed by atoms with Crippen LogP contribution in [0.1, 0.15) is 11.3 Å². The minimum atomic E-state index is -4.41. The van der Waals surface area contributed by atoms with Crippen molar-refractivity contribution in [3.05, 3.63) is 66.1 Å². The maximum absolute atomic E-state index is 12.7. The predicted molar refractivity (Wildman–Crippen MR) is 82.5 cm³/mol. The summed E-state index contributed by atoms with van der Waals surface area (Å²) in [7, 11) is 0. The molecule has 0 aliphatic carbocycles. The zero-order valence-electron chi connectivity index (χ0n) is 12.3. The highest BCUT2D eigenvalue weighted by Crippen LogP contribution is 2.29. The van der Waals surface area contributed by atoms with Gasteiger partial charge in [0, 0.05) is 18.1 Å². The van der Waals surface area contributed by atoms with E-state index in [4.69, 9.17) is 0 Å². The Labute approximate surface area is 135 Å². The van der Waals surface area contributed by atoms with Crippen LogP contribution in [0.2, 0.25) is 0 Å². The van der Waals surface area contributed by atoms with Gasteiger partial charge in [-0.25, -0.2) is 9.78 Å². The molecule has 0 radical (unpaired) electrons. The van der Waals surface area contributed by atoms with Crippen molar-refractivity contribution in [3.8, 4) is 0 Å². The zero-order valence-corrected chi connectivity index (χ0v) is 12.3. The Hall–Kier alpha value is -3.03. The van der Waals surface area contributed by atoms with Crippen LogP contribution in [0.3, 0.4) is 0 Å². The Morgan fingerprint density at radius 2 is 1.83 bits per heavy atom. The molecule has 124 valence electrons. The summed E-state index contributed by atoms with van der Waals surface area (Å²) >= 11 is 0. The van der Waals surface area contributed by atoms with E-state index in [1.807, 2.05) is 6.07 Å². The molecule has 2 aromatic heterocycles. The van der Waals surface area contributed by atoms with E-state index >= 15 is 0 Å². The number of rotatable bonds is 3. The topological polar surface area (TPSA) is 58.4 Å². The van der Waals surface area contributed by atoms with Crippen LogP contribution < -0.4 is 10.6 Å². The lowest BCUT2D eigenvalue weighted by Gasteiger charge is -2.06. The van der Waals surface area contributed by atoms with Gasteiger partial charge in [-0.05, 0) is 24.3 Å². The fraction of sp³-hybridized carbons (Fsp3) is 0.125. The number of amides is 2. The summed E-state index contributed by atoms with van der Waals surface area (Å²) in [6.45, 7) is 0.0989. The Morgan fingerprint density at radius 3 is 2.54 bits per heavy atom. The third-order valence-electron chi connectivity index (χ3n) is 3.29. The van der Waals surface area contributed by atoms with Crippen LogP contribution in [0, 0.1) is 0 Å². The van der Waals surface area contributed by atoms with E-state index in [1.165, 1.54) is 16.7 Å². The number of hydrogen-bond donors (Lipinski definition) is 2. The number of nitrogens with one attached hydrogen (secondary N) is 2. The van der Waals surface area contributed by atoms with Crippen LogP contribution >= 0.6 is 0 Å². The van der Waals surface area contributed by atoms with Gasteiger partial charge in [0.2, 0.25) is 0 Å². The molecule has 3 rings (SSSR count). The monoisotopic (exact) mass is 334 g/mol. The van der Waals surface area contributed by atoms with Crippen molar-refractivity contribution in [2.45, 2.75) is 12.7 Å². The average Bonchev–Trinajstić information content (AvgIpc) is 2.95. The maximum Gasteiger partial charge on any atom is 0.417 e. The molecule has 8 heteroatoms. The molecular weight excluding hydrogens is 321 g/mol. The van der Waals surface area contributed by atoms with Gasteiger partial charge in [0.15, 0.2) is 0 Å². The van der Waals surface area contributed by atoms with Crippen LogP contribution in [-0.2, 0) is 12.7 Å². The number of carbonyl (C=O) groups excluding carboxylic acids is 1. The molecule has 24 heavy (non-hydrogen) atoms. The van der Waals surface area contributed by atoms with E-state index in [1.54, 1.807) is 24.3 Å². The Bertz CT molecular complexity index is 859. The molecule has 0 unspecified atom stereocenters. The molecule has 0 aliphatic heterocycles. The number of urea groups is 1. The number of nitrogens with zero attached hydrogens (tertiary/aromatic N) is 2. The third kappa shape index (κ3) is 3.65. The highest BCUT2D eigenvalue weighted by molar-refractivity contribution is 5.89. The molecule has 0 saturated heterocycles. The number of hydrogen-bond acceptors (Lipinski definition) is 2. The van der Waals surface area contributed by atoms with Crippen LogP contribution in [0.4, 0.5) is 23.7 Å². The molecule has 2 amide bonds. The fourth-order valence-corrected chi connectivity index (χ4v) is 2.16. The van der Waals surface area contributed by atoms with E-state index in [-0.39, 0.29) is 6.54 Å². The Balaban J connectivity index is 1.66. The number of anilines is 1. The van der Waals surface area contributed by atoms with Crippen LogP contribution in [0.25, 0.3) is 5.65 Å². The molecule has 0 atom stereocenters. The second kappa shape index (κ2) is 6.23. The van der Waals surface area contributed by atoms with Crippen LogP contribution in [-0.4, -0.2) is 15.4 Å². The number of imidazole rings is 1. The van der Waals surface area contributed by atoms with Gasteiger partial charge in [-0.1, -0.05) is 18.2 Å². The minimum Gasteiger partial charge on any atom is -0.332 e. The van der Waals surface area contributed by atoms with Gasteiger partial charge in [-0.2, -0.15) is 13.2 Å². The van der Waals surface area contributed by atoms with E-state index in [0.29, 0.717) is 17.0 Å². The predicted octanol–water partition coefficient (Wildman–Crippen LogP) is 3.67. The highest BCUT2D eigenvalue weighted by Gasteiger charge is 2.30. The molecule has 3 aromatic rings. The number of pyridine rings is 1. The summed E-state index contributed by atoms with van der Waals surface area (Å²) in [5, 5.41) is 5.25. The molecule has 5 nitrogen and oxygen atoms in total. The number of halogens is 3. The number of carbonyl (C=O) groups is 1. The summed E-state index contributed by atoms with van der Waals surface area (Å²) < 4.78 is 39.3. The molecule has 1 aromatic carbocycles. The van der Waals surface area contributed by atoms with Crippen molar-refractivity contribution in [1.82, 2.24) is 14.7 Å². The summed E-state index contributed by atoms with van der Waals surface area (Å²) in [6.07, 6.45) is -1.99. The number of benzene rings is 1. The van der Waals surface area contributed by atoms with Gasteiger partial charge in [-0.3, -0.25) is 0 Å². The minimum absolute atomic E-state index is 0.0989. The normalized spacial score (nSPS) is 11.5. The van der Waals surface area contributed by atoms with Crippen molar-refractivity contribution in [2.24, 2.45) is 0 Å². The maximum atomic E-state index is 12.7. The number of fused-ring (bicyclic) bond motifs is 1. The first-order valence-corrected chi connectivity index (χ1v) is 7.06. The first kappa shape index (κ1) is 15.9. The molecule has 0 saturated carbocycles. The van der Waals surface area contributed by atoms with E-state index in [2.05, 4.69) is 15.6 Å². The van der Waals surface area contributed by atoms with Gasteiger partial charge in [-0.15, -0.1) is 0 Å². The molecular formula is C16H13F3N4O. The molecule has 0 spiro atoms. The van der Waals surface area contributed by atoms with Crippen molar-refractivity contribution >= 4 is 17.4 Å². The summed E-state index contributed by atoms with van der Waals surface area (Å²) in [4.78, 5) is 15.9. The lowest BCUT2D eigenvalue weighted by Crippen LogP contribution is -2.28. The molecule has 0 fully saturated rings. The second-order valence-electron chi connectivity index (χ2n) is 5.09. The summed E-state index contributed by atoms with van der Waals surface area (Å²) in [5.41, 5.74) is 0.717. The van der Waals surface area contributed by atoms with Crippen LogP contribution in [0.15, 0.2) is 54.9 Å². The lowest BCUT2D eigenvalue weighted by atomic mass is 10.3. The second-order valence-corrected chi connectivity index (χ2v) is 5.09. The summed E-state index contributed by atoms with van der Waals surface area (Å²) in [6, 6.07) is 10.7. The molecule has 0 aliphatic rings. The van der Waals surface area contributed by atoms with Crippen molar-refractivity contribution in [1.29, 1.82) is 0 Å². The molecule has 2 heterocycles. The number of para-hydroxylation sites is 1. The lowest BCUT2D eigenvalue weighted by molar-refractivity contribution is -0.137. The van der Waals surface area contributed by atoms with Crippen molar-refractivity contribution in [3.63, 3.8) is 0 Å². The van der Waals surface area contributed by atoms with E-state index in [9.17, 15) is 18.0 Å². The van der Waals surface area contributed by atoms with E-state index in [0.717, 1.165) is 12.3 Å². The largest absolute Gasteiger partial charge is 0.417 e. The average molecular weight is 334 g/mol. The van der Waals surface area contributed by atoms with Gasteiger partial charge < -0.3 is 15.0 Å². The van der Waals surface area contributed by atoms with Crippen LogP contribution in [0.5, 0.6) is 0 Å². The highest BCUT2D eigenvalue weighted by atomic mass is 19.4. The number of alkyl halides is 3. The van der Waals surface area contributed by atoms with Crippen molar-refractivity contribution in [2.75, 3.05) is 5.32 Å². The van der Waals surface area contributed by atoms with E-state index < -0.39 is 17.8 Å². The first-order valence-electron chi connectivity index (χ1n) is 7.06. The SMILES string of the molecule is O=C(NCc1cn2cc(C(F)(F)F)ccc2n1)Nc1ccccc1. The summed E-state index contributed by atoms with van der Waals surface area (Å²) in [5.74, 6) is 0. The zero-order chi connectivity index (χ0) is 17.2. The first-order chi connectivity index (χ1) is 11.4. The van der Waals surface area contributed by atoms with Gasteiger partial charge in [0.05, 0.1) is 17.8 Å². The Morgan fingerprint density at radius 1 is 1.08 bits per heavy atom. The quantitative estimate of drug-likeness (QED) is 0.768. The number of aromatic nitrogens is 2. The standard InChI is InChI=1S/C16H13F3N4O/c17-16(18,19)11-6-7-14-21-13(10-23(14)9-11)8-20-15(24)22-12-4-2-1-3-5-12/h1-7,9-10H,8H2,(H2,20,22,24). The fourth-order valence-electron chi connectivity index (χ4n) is 2.16.